The highest BCUT2D eigenvalue weighted by Crippen LogP contribution is 2.27. The van der Waals surface area contributed by atoms with Crippen LogP contribution in [0.2, 0.25) is 0 Å². The number of halogens is 1. The number of rotatable bonds is 5. The predicted molar refractivity (Wildman–Crippen MR) is 132 cm³/mol. The standard InChI is InChI=1S/C20H26N6O4S.HI/c1-21-20(22-14-19(27)26-8-6-16-4-2-3-5-18(16)26)24-9-11-25(12-10-24)31(28,29)15-17-7-13-30-23-17;/h2-5,7,13H,6,8-12,14-15H2,1H3,(H,21,22);1H. The van der Waals surface area contributed by atoms with Crippen molar-refractivity contribution >= 4 is 51.6 Å². The Morgan fingerprint density at radius 1 is 1.16 bits per heavy atom. The molecule has 0 unspecified atom stereocenters. The number of aromatic nitrogens is 1. The van der Waals surface area contributed by atoms with Crippen LogP contribution in [0.1, 0.15) is 11.3 Å². The molecule has 0 atom stereocenters. The quantitative estimate of drug-likeness (QED) is 0.321. The molecule has 0 spiro atoms. The van der Waals surface area contributed by atoms with Crippen LogP contribution in [0.5, 0.6) is 0 Å². The minimum absolute atomic E-state index is 0. The molecule has 1 aromatic carbocycles. The molecule has 0 aliphatic carbocycles. The van der Waals surface area contributed by atoms with E-state index in [1.165, 1.54) is 16.1 Å². The highest BCUT2D eigenvalue weighted by Gasteiger charge is 2.29. The van der Waals surface area contributed by atoms with E-state index in [4.69, 9.17) is 4.52 Å². The van der Waals surface area contributed by atoms with Crippen LogP contribution in [0.4, 0.5) is 5.69 Å². The van der Waals surface area contributed by atoms with Crippen LogP contribution in [0.25, 0.3) is 0 Å². The van der Waals surface area contributed by atoms with Crippen molar-refractivity contribution in [3.63, 3.8) is 0 Å². The molecule has 2 aliphatic rings. The average Bonchev–Trinajstić information content (AvgIpc) is 3.44. The zero-order valence-electron chi connectivity index (χ0n) is 17.8. The minimum atomic E-state index is -3.46. The number of carbonyl (C=O) groups is 1. The van der Waals surface area contributed by atoms with Gasteiger partial charge < -0.3 is 19.6 Å². The van der Waals surface area contributed by atoms with E-state index in [0.717, 1.165) is 12.1 Å². The van der Waals surface area contributed by atoms with Gasteiger partial charge in [-0.25, -0.2) is 8.42 Å². The number of anilines is 1. The summed E-state index contributed by atoms with van der Waals surface area (Å²) >= 11 is 0. The van der Waals surface area contributed by atoms with E-state index in [0.29, 0.717) is 44.4 Å². The fourth-order valence-electron chi connectivity index (χ4n) is 3.95. The number of carbonyl (C=O) groups excluding carboxylic acids is 1. The van der Waals surface area contributed by atoms with Crippen LogP contribution in [0.15, 0.2) is 46.1 Å². The maximum Gasteiger partial charge on any atom is 0.246 e. The lowest BCUT2D eigenvalue weighted by Gasteiger charge is -2.35. The fourth-order valence-corrected chi connectivity index (χ4v) is 5.37. The largest absolute Gasteiger partial charge is 0.364 e. The molecule has 32 heavy (non-hydrogen) atoms. The van der Waals surface area contributed by atoms with Crippen molar-refractivity contribution in [1.82, 2.24) is 19.7 Å². The molecular formula is C20H27IN6O4S. The molecule has 4 rings (SSSR count). The van der Waals surface area contributed by atoms with Crippen molar-refractivity contribution in [3.8, 4) is 0 Å². The summed E-state index contributed by atoms with van der Waals surface area (Å²) < 4.78 is 31.4. The first-order chi connectivity index (χ1) is 15.0. The third-order valence-electron chi connectivity index (χ3n) is 5.55. The van der Waals surface area contributed by atoms with Gasteiger partial charge in [-0.05, 0) is 18.1 Å². The Kier molecular flexibility index (Phi) is 8.11. The lowest BCUT2D eigenvalue weighted by atomic mass is 10.2. The molecule has 0 radical (unpaired) electrons. The Morgan fingerprint density at radius 3 is 2.59 bits per heavy atom. The fraction of sp³-hybridized carbons (Fsp3) is 0.450. The second-order valence-electron chi connectivity index (χ2n) is 7.46. The van der Waals surface area contributed by atoms with Gasteiger partial charge in [-0.15, -0.1) is 24.0 Å². The summed E-state index contributed by atoms with van der Waals surface area (Å²) in [6.45, 7) is 2.46. The maximum absolute atomic E-state index is 12.7. The lowest BCUT2D eigenvalue weighted by molar-refractivity contribution is -0.117. The van der Waals surface area contributed by atoms with Gasteiger partial charge in [0.2, 0.25) is 15.9 Å². The smallest absolute Gasteiger partial charge is 0.246 e. The second-order valence-corrected chi connectivity index (χ2v) is 9.43. The summed E-state index contributed by atoms with van der Waals surface area (Å²) in [7, 11) is -1.81. The summed E-state index contributed by atoms with van der Waals surface area (Å²) in [5.74, 6) is 0.400. The molecule has 2 aromatic rings. The molecule has 1 N–H and O–H groups in total. The number of benzene rings is 1. The van der Waals surface area contributed by atoms with E-state index in [-0.39, 0.29) is 42.2 Å². The van der Waals surface area contributed by atoms with E-state index in [1.807, 2.05) is 29.2 Å². The Bertz CT molecular complexity index is 1050. The molecule has 1 fully saturated rings. The highest BCUT2D eigenvalue weighted by molar-refractivity contribution is 14.0. The first-order valence-electron chi connectivity index (χ1n) is 10.2. The van der Waals surface area contributed by atoms with Crippen molar-refractivity contribution in [2.45, 2.75) is 12.2 Å². The van der Waals surface area contributed by atoms with Gasteiger partial charge >= 0.3 is 0 Å². The molecule has 12 heteroatoms. The summed E-state index contributed by atoms with van der Waals surface area (Å²) in [6.07, 6.45) is 2.22. The van der Waals surface area contributed by atoms with Gasteiger partial charge in [0.25, 0.3) is 0 Å². The number of nitrogens with one attached hydrogen (secondary N) is 1. The number of amides is 1. The normalized spacial score (nSPS) is 17.1. The van der Waals surface area contributed by atoms with Crippen molar-refractivity contribution in [3.05, 3.63) is 47.9 Å². The number of hydrogen-bond acceptors (Lipinski definition) is 6. The third kappa shape index (κ3) is 5.41. The number of piperazine rings is 1. The van der Waals surface area contributed by atoms with E-state index in [9.17, 15) is 13.2 Å². The van der Waals surface area contributed by atoms with Crippen molar-refractivity contribution in [2.75, 3.05) is 51.2 Å². The Hall–Kier alpha value is -2.19. The summed E-state index contributed by atoms with van der Waals surface area (Å²) in [5, 5.41) is 6.81. The molecule has 10 nitrogen and oxygen atoms in total. The van der Waals surface area contributed by atoms with Gasteiger partial charge in [-0.3, -0.25) is 9.79 Å². The molecular weight excluding hydrogens is 547 g/mol. The van der Waals surface area contributed by atoms with Gasteiger partial charge in [-0.1, -0.05) is 23.4 Å². The van der Waals surface area contributed by atoms with Gasteiger partial charge in [0.15, 0.2) is 5.96 Å². The summed E-state index contributed by atoms with van der Waals surface area (Å²) in [6, 6.07) is 9.49. The van der Waals surface area contributed by atoms with Gasteiger partial charge in [0.05, 0.1) is 12.2 Å². The number of hydrogen-bond donors (Lipinski definition) is 1. The van der Waals surface area contributed by atoms with Crippen LogP contribution in [-0.4, -0.2) is 81.0 Å². The zero-order chi connectivity index (χ0) is 21.8. The molecule has 174 valence electrons. The topological polar surface area (TPSA) is 111 Å². The number of guanidine groups is 1. The summed E-state index contributed by atoms with van der Waals surface area (Å²) in [5.41, 5.74) is 2.54. The van der Waals surface area contributed by atoms with Crippen LogP contribution in [0, 0.1) is 0 Å². The Labute approximate surface area is 204 Å². The molecule has 1 aromatic heterocycles. The molecule has 2 aliphatic heterocycles. The maximum atomic E-state index is 12.7. The average molecular weight is 574 g/mol. The van der Waals surface area contributed by atoms with Crippen LogP contribution >= 0.6 is 24.0 Å². The number of para-hydroxylation sites is 1. The van der Waals surface area contributed by atoms with E-state index >= 15 is 0 Å². The van der Waals surface area contributed by atoms with Crippen LogP contribution < -0.4 is 10.2 Å². The number of fused-ring (bicyclic) bond motifs is 1. The lowest BCUT2D eigenvalue weighted by Crippen LogP contribution is -2.55. The van der Waals surface area contributed by atoms with Gasteiger partial charge in [0.1, 0.15) is 12.0 Å². The predicted octanol–water partition coefficient (Wildman–Crippen LogP) is 0.905. The number of sulfonamides is 1. The monoisotopic (exact) mass is 574 g/mol. The van der Waals surface area contributed by atoms with Crippen molar-refractivity contribution in [1.29, 1.82) is 0 Å². The SMILES string of the molecule is CN=C(NCC(=O)N1CCc2ccccc21)N1CCN(S(=O)(=O)Cc2ccon2)CC1.I. The van der Waals surface area contributed by atoms with E-state index in [1.54, 1.807) is 18.0 Å². The molecule has 3 heterocycles. The van der Waals surface area contributed by atoms with E-state index < -0.39 is 10.0 Å². The highest BCUT2D eigenvalue weighted by atomic mass is 127. The van der Waals surface area contributed by atoms with Crippen molar-refractivity contribution < 1.29 is 17.7 Å². The molecule has 0 saturated carbocycles. The molecule has 0 bridgehead atoms. The van der Waals surface area contributed by atoms with E-state index in [2.05, 4.69) is 15.5 Å². The van der Waals surface area contributed by atoms with Crippen LogP contribution in [-0.2, 0) is 27.0 Å². The first-order valence-corrected chi connectivity index (χ1v) is 11.8. The Balaban J connectivity index is 0.00000289. The van der Waals surface area contributed by atoms with Gasteiger partial charge in [0, 0.05) is 51.5 Å². The van der Waals surface area contributed by atoms with Gasteiger partial charge in [-0.2, -0.15) is 4.31 Å². The molecule has 1 amide bonds. The third-order valence-corrected chi connectivity index (χ3v) is 7.36. The second kappa shape index (κ2) is 10.6. The Morgan fingerprint density at radius 2 is 1.91 bits per heavy atom. The zero-order valence-corrected chi connectivity index (χ0v) is 21.0. The molecule has 1 saturated heterocycles. The number of nitrogens with zero attached hydrogens (tertiary/aromatic N) is 5. The van der Waals surface area contributed by atoms with Crippen LogP contribution in [0.3, 0.4) is 0 Å². The number of aliphatic imine (C=N–C) groups is 1. The first kappa shape index (κ1) is 24.5. The van der Waals surface area contributed by atoms with Crippen molar-refractivity contribution in [2.24, 2.45) is 4.99 Å². The summed E-state index contributed by atoms with van der Waals surface area (Å²) in [4.78, 5) is 20.8. The minimum Gasteiger partial charge on any atom is -0.364 e.